The van der Waals surface area contributed by atoms with Gasteiger partial charge >= 0.3 is 0 Å². The molecule has 2 aliphatic heterocycles. The van der Waals surface area contributed by atoms with Crippen molar-refractivity contribution in [2.45, 2.75) is 49.6 Å². The van der Waals surface area contributed by atoms with E-state index >= 15 is 0 Å². The molecular weight excluding hydrogens is 462 g/mol. The van der Waals surface area contributed by atoms with Crippen molar-refractivity contribution in [1.82, 2.24) is 14.5 Å². The largest absolute Gasteiger partial charge is 0.495 e. The van der Waals surface area contributed by atoms with Gasteiger partial charge in [0.2, 0.25) is 15.9 Å². The number of amides is 1. The first-order valence-corrected chi connectivity index (χ1v) is 13.8. The van der Waals surface area contributed by atoms with Crippen molar-refractivity contribution in [3.8, 4) is 5.75 Å². The van der Waals surface area contributed by atoms with E-state index in [1.807, 2.05) is 6.07 Å². The molecule has 0 saturated carbocycles. The van der Waals surface area contributed by atoms with Crippen LogP contribution < -0.4 is 10.1 Å². The lowest BCUT2D eigenvalue weighted by Crippen LogP contribution is -2.43. The number of nitrogens with zero attached hydrogens (tertiary/aromatic N) is 2. The molecule has 7 nitrogen and oxygen atoms in total. The zero-order valence-electron chi connectivity index (χ0n) is 20.4. The Bertz CT molecular complexity index is 1120. The SMILES string of the molecule is COc1ccc(/C=C/C(=O)NC2CCN(Cc3ccccc3)CC2)cc1S(=O)(=O)N1CCCCC1. The molecule has 0 aliphatic carbocycles. The second-order valence-corrected chi connectivity index (χ2v) is 11.2. The Morgan fingerprint density at radius 3 is 2.43 bits per heavy atom. The highest BCUT2D eigenvalue weighted by Crippen LogP contribution is 2.30. The summed E-state index contributed by atoms with van der Waals surface area (Å²) in [6, 6.07) is 15.6. The molecule has 35 heavy (non-hydrogen) atoms. The van der Waals surface area contributed by atoms with Crippen molar-refractivity contribution < 1.29 is 17.9 Å². The first-order valence-electron chi connectivity index (χ1n) is 12.4. The van der Waals surface area contributed by atoms with Gasteiger partial charge in [-0.05, 0) is 55.0 Å². The average Bonchev–Trinajstić information content (AvgIpc) is 2.89. The number of hydrogen-bond acceptors (Lipinski definition) is 5. The fraction of sp³-hybridized carbons (Fsp3) is 0.444. The summed E-state index contributed by atoms with van der Waals surface area (Å²) in [6.07, 6.45) is 7.75. The van der Waals surface area contributed by atoms with Crippen LogP contribution in [0.5, 0.6) is 5.75 Å². The van der Waals surface area contributed by atoms with Gasteiger partial charge < -0.3 is 10.1 Å². The predicted octanol–water partition coefficient (Wildman–Crippen LogP) is 3.66. The number of carbonyl (C=O) groups is 1. The molecule has 2 saturated heterocycles. The third-order valence-corrected chi connectivity index (χ3v) is 8.65. The van der Waals surface area contributed by atoms with E-state index in [9.17, 15) is 13.2 Å². The van der Waals surface area contributed by atoms with Crippen molar-refractivity contribution in [2.75, 3.05) is 33.3 Å². The quantitative estimate of drug-likeness (QED) is 0.563. The molecule has 2 aliphatic rings. The second-order valence-electron chi connectivity index (χ2n) is 9.25. The summed E-state index contributed by atoms with van der Waals surface area (Å²) in [6.45, 7) is 3.87. The van der Waals surface area contributed by atoms with Crippen LogP contribution in [0.15, 0.2) is 59.5 Å². The van der Waals surface area contributed by atoms with Crippen LogP contribution in [0, 0.1) is 0 Å². The van der Waals surface area contributed by atoms with Gasteiger partial charge in [-0.15, -0.1) is 0 Å². The molecule has 1 amide bonds. The first-order chi connectivity index (χ1) is 17.0. The number of methoxy groups -OCH3 is 1. The molecular formula is C27H35N3O4S. The van der Waals surface area contributed by atoms with E-state index in [2.05, 4.69) is 34.5 Å². The first kappa shape index (κ1) is 25.4. The monoisotopic (exact) mass is 497 g/mol. The van der Waals surface area contributed by atoms with Crippen LogP contribution >= 0.6 is 0 Å². The van der Waals surface area contributed by atoms with Crippen LogP contribution in [-0.4, -0.2) is 62.9 Å². The summed E-state index contributed by atoms with van der Waals surface area (Å²) in [7, 11) is -2.18. The third-order valence-electron chi connectivity index (χ3n) is 6.73. The third kappa shape index (κ3) is 6.72. The summed E-state index contributed by atoms with van der Waals surface area (Å²) < 4.78 is 33.3. The number of rotatable bonds is 8. The van der Waals surface area contributed by atoms with E-state index in [4.69, 9.17) is 4.74 Å². The maximum atomic E-state index is 13.2. The number of benzene rings is 2. The lowest BCUT2D eigenvalue weighted by Gasteiger charge is -2.32. The molecule has 188 valence electrons. The Kier molecular flexibility index (Phi) is 8.59. The molecule has 0 radical (unpaired) electrons. The predicted molar refractivity (Wildman–Crippen MR) is 138 cm³/mol. The van der Waals surface area contributed by atoms with Crippen molar-refractivity contribution >= 4 is 22.0 Å². The zero-order chi connectivity index (χ0) is 24.7. The second kappa shape index (κ2) is 11.8. The number of sulfonamides is 1. The Morgan fingerprint density at radius 2 is 1.74 bits per heavy atom. The van der Waals surface area contributed by atoms with E-state index < -0.39 is 10.0 Å². The summed E-state index contributed by atoms with van der Waals surface area (Å²) in [4.78, 5) is 15.1. The fourth-order valence-corrected chi connectivity index (χ4v) is 6.45. The minimum Gasteiger partial charge on any atom is -0.495 e. The molecule has 2 aromatic rings. The number of ether oxygens (including phenoxy) is 1. The van der Waals surface area contributed by atoms with Crippen LogP contribution in [0.1, 0.15) is 43.2 Å². The van der Waals surface area contributed by atoms with Crippen molar-refractivity contribution in [2.24, 2.45) is 0 Å². The Morgan fingerprint density at radius 1 is 1.03 bits per heavy atom. The average molecular weight is 498 g/mol. The molecule has 2 heterocycles. The summed E-state index contributed by atoms with van der Waals surface area (Å²) in [5.74, 6) is 0.155. The fourth-order valence-electron chi connectivity index (χ4n) is 4.74. The van der Waals surface area contributed by atoms with Gasteiger partial charge in [0.1, 0.15) is 10.6 Å². The molecule has 0 unspecified atom stereocenters. The lowest BCUT2D eigenvalue weighted by atomic mass is 10.0. The lowest BCUT2D eigenvalue weighted by molar-refractivity contribution is -0.117. The summed E-state index contributed by atoms with van der Waals surface area (Å²) >= 11 is 0. The van der Waals surface area contributed by atoms with Gasteiger partial charge in [0.25, 0.3) is 0 Å². The van der Waals surface area contributed by atoms with Crippen LogP contribution in [0.3, 0.4) is 0 Å². The van der Waals surface area contributed by atoms with Crippen molar-refractivity contribution in [1.29, 1.82) is 0 Å². The molecule has 0 atom stereocenters. The Labute approximate surface area is 208 Å². The van der Waals surface area contributed by atoms with Crippen molar-refractivity contribution in [3.05, 3.63) is 65.7 Å². The van der Waals surface area contributed by atoms with E-state index in [1.165, 1.54) is 23.1 Å². The van der Waals surface area contributed by atoms with Crippen LogP contribution in [-0.2, 0) is 21.4 Å². The summed E-state index contributed by atoms with van der Waals surface area (Å²) in [5, 5.41) is 3.09. The maximum Gasteiger partial charge on any atom is 0.246 e. The minimum atomic E-state index is -3.65. The van der Waals surface area contributed by atoms with Gasteiger partial charge in [-0.1, -0.05) is 42.8 Å². The number of nitrogens with one attached hydrogen (secondary N) is 1. The van der Waals surface area contributed by atoms with Gasteiger partial charge in [-0.2, -0.15) is 4.31 Å². The van der Waals surface area contributed by atoms with Gasteiger partial charge in [0.15, 0.2) is 0 Å². The minimum absolute atomic E-state index is 0.144. The molecule has 2 aromatic carbocycles. The van der Waals surface area contributed by atoms with Gasteiger partial charge in [0, 0.05) is 44.8 Å². The molecule has 0 bridgehead atoms. The smallest absolute Gasteiger partial charge is 0.246 e. The Hall–Kier alpha value is -2.68. The molecule has 0 aromatic heterocycles. The topological polar surface area (TPSA) is 79.0 Å². The highest BCUT2D eigenvalue weighted by molar-refractivity contribution is 7.89. The van der Waals surface area contributed by atoms with Gasteiger partial charge in [-0.3, -0.25) is 9.69 Å². The van der Waals surface area contributed by atoms with Crippen LogP contribution in [0.25, 0.3) is 6.08 Å². The standard InChI is InChI=1S/C27H35N3O4S/c1-34-25-12-10-22(20-26(25)35(32,33)30-16-6-3-7-17-30)11-13-27(31)28-24-14-18-29(19-15-24)21-23-8-4-2-5-9-23/h2,4-5,8-13,20,24H,3,6-7,14-19,21H2,1H3,(H,28,31)/b13-11+. The molecule has 4 rings (SSSR count). The maximum absolute atomic E-state index is 13.2. The summed E-state index contributed by atoms with van der Waals surface area (Å²) in [5.41, 5.74) is 1.95. The molecule has 0 spiro atoms. The number of piperidine rings is 2. The number of carbonyl (C=O) groups excluding carboxylic acids is 1. The highest BCUT2D eigenvalue weighted by Gasteiger charge is 2.29. The molecule has 8 heteroatoms. The number of hydrogen-bond donors (Lipinski definition) is 1. The molecule has 1 N–H and O–H groups in total. The van der Waals surface area contributed by atoms with E-state index in [0.29, 0.717) is 24.4 Å². The highest BCUT2D eigenvalue weighted by atomic mass is 32.2. The normalized spacial score (nSPS) is 18.5. The zero-order valence-corrected chi connectivity index (χ0v) is 21.2. The van der Waals surface area contributed by atoms with E-state index in [0.717, 1.165) is 51.7 Å². The van der Waals surface area contributed by atoms with Gasteiger partial charge in [0.05, 0.1) is 7.11 Å². The Balaban J connectivity index is 1.34. The van der Waals surface area contributed by atoms with Gasteiger partial charge in [-0.25, -0.2) is 8.42 Å². The van der Waals surface area contributed by atoms with Crippen molar-refractivity contribution in [3.63, 3.8) is 0 Å². The molecule has 2 fully saturated rings. The van der Waals surface area contributed by atoms with E-state index in [1.54, 1.807) is 24.3 Å². The number of likely N-dealkylation sites (tertiary alicyclic amines) is 1. The van der Waals surface area contributed by atoms with E-state index in [-0.39, 0.29) is 16.8 Å². The van der Waals surface area contributed by atoms with Crippen LogP contribution in [0.4, 0.5) is 0 Å². The van der Waals surface area contributed by atoms with Crippen LogP contribution in [0.2, 0.25) is 0 Å².